The van der Waals surface area contributed by atoms with Gasteiger partial charge in [-0.2, -0.15) is 0 Å². The number of hydrogen-bond acceptors (Lipinski definition) is 5. The molecule has 2 N–H and O–H groups in total. The highest BCUT2D eigenvalue weighted by Gasteiger charge is 2.75. The number of sulfone groups is 1. The average Bonchev–Trinajstić information content (AvgIpc) is 3.34. The number of ether oxygens (including phenoxy) is 1. The maximum atomic E-state index is 13.3. The van der Waals surface area contributed by atoms with Gasteiger partial charge in [-0.25, -0.2) is 8.42 Å². The van der Waals surface area contributed by atoms with Gasteiger partial charge < -0.3 is 10.5 Å². The molecule has 2 aromatic carbocycles. The Morgan fingerprint density at radius 3 is 2.30 bits per heavy atom. The molecule has 0 unspecified atom stereocenters. The monoisotopic (exact) mass is 471 g/mol. The predicted molar refractivity (Wildman–Crippen MR) is 107 cm³/mol. The van der Waals surface area contributed by atoms with Crippen molar-refractivity contribution >= 4 is 43.3 Å². The number of nitrogens with two attached hydrogens (primary N) is 1. The van der Waals surface area contributed by atoms with E-state index in [4.69, 9.17) is 22.1 Å². The van der Waals surface area contributed by atoms with Gasteiger partial charge in [-0.05, 0) is 48.9 Å². The Bertz CT molecular complexity index is 947. The van der Waals surface area contributed by atoms with Crippen molar-refractivity contribution in [3.05, 3.63) is 63.6 Å². The molecule has 0 radical (unpaired) electrons. The zero-order valence-electron chi connectivity index (χ0n) is 14.6. The van der Waals surface area contributed by atoms with Gasteiger partial charge in [-0.15, -0.1) is 0 Å². The molecule has 0 saturated heterocycles. The molecule has 1 aliphatic carbocycles. The number of carbonyl (C=O) groups is 1. The van der Waals surface area contributed by atoms with E-state index in [1.165, 1.54) is 24.3 Å². The van der Waals surface area contributed by atoms with Crippen molar-refractivity contribution in [2.45, 2.75) is 23.0 Å². The van der Waals surface area contributed by atoms with E-state index < -0.39 is 32.4 Å². The molecule has 0 spiro atoms. The Hall–Kier alpha value is -1.41. The summed E-state index contributed by atoms with van der Waals surface area (Å²) < 4.78 is 32.7. The van der Waals surface area contributed by atoms with Crippen molar-refractivity contribution in [2.75, 3.05) is 13.2 Å². The van der Waals surface area contributed by atoms with Crippen LogP contribution in [0.3, 0.4) is 0 Å². The molecule has 1 saturated carbocycles. The molecule has 5 nitrogen and oxygen atoms in total. The highest BCUT2D eigenvalue weighted by Crippen LogP contribution is 2.64. The molecule has 0 aliphatic heterocycles. The zero-order chi connectivity index (χ0) is 19.8. The highest BCUT2D eigenvalue weighted by molar-refractivity contribution is 9.10. The fourth-order valence-corrected chi connectivity index (χ4v) is 6.38. The lowest BCUT2D eigenvalue weighted by atomic mass is 9.99. The van der Waals surface area contributed by atoms with E-state index in [0.717, 1.165) is 10.0 Å². The quantitative estimate of drug-likeness (QED) is 0.650. The molecule has 2 aromatic rings. The van der Waals surface area contributed by atoms with E-state index in [2.05, 4.69) is 15.9 Å². The number of benzene rings is 2. The van der Waals surface area contributed by atoms with Crippen LogP contribution in [0, 0.1) is 5.41 Å². The van der Waals surface area contributed by atoms with E-state index in [1.807, 2.05) is 12.1 Å². The molecule has 3 atom stereocenters. The van der Waals surface area contributed by atoms with Crippen LogP contribution in [0.5, 0.6) is 0 Å². The lowest BCUT2D eigenvalue weighted by Crippen LogP contribution is -2.33. The topological polar surface area (TPSA) is 86.5 Å². The first-order valence-corrected chi connectivity index (χ1v) is 11.1. The second-order valence-corrected chi connectivity index (χ2v) is 9.84. The average molecular weight is 473 g/mol. The first-order chi connectivity index (χ1) is 12.8. The molecule has 1 fully saturated rings. The molecule has 0 aromatic heterocycles. The summed E-state index contributed by atoms with van der Waals surface area (Å²) in [7, 11) is -3.82. The molecule has 8 heteroatoms. The van der Waals surface area contributed by atoms with E-state index in [9.17, 15) is 13.2 Å². The molecule has 0 amide bonds. The van der Waals surface area contributed by atoms with Gasteiger partial charge in [0.05, 0.1) is 16.8 Å². The smallest absolute Gasteiger partial charge is 0.315 e. The summed E-state index contributed by atoms with van der Waals surface area (Å²) >= 11 is 9.24. The van der Waals surface area contributed by atoms with Crippen LogP contribution in [0.15, 0.2) is 57.9 Å². The maximum absolute atomic E-state index is 13.3. The minimum absolute atomic E-state index is 0.110. The van der Waals surface area contributed by atoms with Crippen molar-refractivity contribution in [2.24, 2.45) is 11.1 Å². The van der Waals surface area contributed by atoms with Crippen molar-refractivity contribution < 1.29 is 17.9 Å². The van der Waals surface area contributed by atoms with Crippen LogP contribution in [0.4, 0.5) is 0 Å². The zero-order valence-corrected chi connectivity index (χ0v) is 17.7. The van der Waals surface area contributed by atoms with E-state index >= 15 is 0 Å². The van der Waals surface area contributed by atoms with Gasteiger partial charge in [-0.1, -0.05) is 39.7 Å². The van der Waals surface area contributed by atoms with Crippen molar-refractivity contribution in [1.82, 2.24) is 0 Å². The number of hydrogen-bond donors (Lipinski definition) is 1. The summed E-state index contributed by atoms with van der Waals surface area (Å²) in [5.74, 6) is -1.15. The van der Waals surface area contributed by atoms with E-state index in [1.54, 1.807) is 19.1 Å². The van der Waals surface area contributed by atoms with Gasteiger partial charge in [0, 0.05) is 22.0 Å². The fourth-order valence-electron chi connectivity index (χ4n) is 3.61. The third-order valence-electron chi connectivity index (χ3n) is 4.96. The summed E-state index contributed by atoms with van der Waals surface area (Å²) in [4.78, 5) is 12.9. The summed E-state index contributed by atoms with van der Waals surface area (Å²) in [5, 5.41) is -0.555. The van der Waals surface area contributed by atoms with Gasteiger partial charge in [0.2, 0.25) is 0 Å². The first-order valence-electron chi connectivity index (χ1n) is 8.41. The Labute approximate surface area is 171 Å². The molecule has 1 aliphatic rings. The summed E-state index contributed by atoms with van der Waals surface area (Å²) in [6, 6.07) is 13.1. The molecule has 3 rings (SSSR count). The second kappa shape index (κ2) is 7.54. The van der Waals surface area contributed by atoms with Gasteiger partial charge in [0.25, 0.3) is 0 Å². The van der Waals surface area contributed by atoms with E-state index in [-0.39, 0.29) is 18.0 Å². The molecular weight excluding hydrogens is 454 g/mol. The Kier molecular flexibility index (Phi) is 5.68. The fraction of sp³-hybridized carbons (Fsp3) is 0.316. The normalized spacial score (nSPS) is 24.4. The SMILES string of the molecule is CCOC(=O)[C@@]1(CN)[C@@H](c2ccc(Br)cc2)[C@@H]1S(=O)(=O)c1ccc(Cl)cc1. The molecule has 144 valence electrons. The number of esters is 1. The minimum atomic E-state index is -3.82. The number of halogens is 2. The van der Waals surface area contributed by atoms with Gasteiger partial charge in [0.15, 0.2) is 9.84 Å². The maximum Gasteiger partial charge on any atom is 0.315 e. The molecular formula is C19H19BrClNO4S. The lowest BCUT2D eigenvalue weighted by Gasteiger charge is -2.14. The Balaban J connectivity index is 2.10. The van der Waals surface area contributed by atoms with Crippen LogP contribution in [-0.4, -0.2) is 32.8 Å². The van der Waals surface area contributed by atoms with Gasteiger partial charge >= 0.3 is 5.97 Å². The largest absolute Gasteiger partial charge is 0.465 e. The van der Waals surface area contributed by atoms with Crippen molar-refractivity contribution in [1.29, 1.82) is 0 Å². The minimum Gasteiger partial charge on any atom is -0.465 e. The first kappa shape index (κ1) is 20.3. The lowest BCUT2D eigenvalue weighted by molar-refractivity contribution is -0.149. The molecule has 0 bridgehead atoms. The Morgan fingerprint density at radius 2 is 1.78 bits per heavy atom. The highest BCUT2D eigenvalue weighted by atomic mass is 79.9. The third kappa shape index (κ3) is 3.42. The molecule has 0 heterocycles. The number of rotatable bonds is 6. The third-order valence-corrected chi connectivity index (χ3v) is 8.03. The van der Waals surface area contributed by atoms with Crippen LogP contribution >= 0.6 is 27.5 Å². The standard InChI is InChI=1S/C19H19BrClNO4S/c1-2-26-18(23)19(11-22)16(12-3-5-13(20)6-4-12)17(19)27(24,25)15-9-7-14(21)8-10-15/h3-10,16-17H,2,11,22H2,1H3/t16-,17-,19-/m0/s1. The summed E-state index contributed by atoms with van der Waals surface area (Å²) in [6.07, 6.45) is 0. The van der Waals surface area contributed by atoms with Gasteiger partial charge in [-0.3, -0.25) is 4.79 Å². The van der Waals surface area contributed by atoms with Crippen molar-refractivity contribution in [3.63, 3.8) is 0 Å². The summed E-state index contributed by atoms with van der Waals surface area (Å²) in [5.41, 5.74) is 5.38. The van der Waals surface area contributed by atoms with Crippen LogP contribution in [0.2, 0.25) is 5.02 Å². The van der Waals surface area contributed by atoms with E-state index in [0.29, 0.717) is 5.02 Å². The van der Waals surface area contributed by atoms with Crippen LogP contribution in [0.25, 0.3) is 0 Å². The van der Waals surface area contributed by atoms with Gasteiger partial charge in [0.1, 0.15) is 5.41 Å². The molecule has 27 heavy (non-hydrogen) atoms. The van der Waals surface area contributed by atoms with Crippen molar-refractivity contribution in [3.8, 4) is 0 Å². The predicted octanol–water partition coefficient (Wildman–Crippen LogP) is 3.55. The number of carbonyl (C=O) groups excluding carboxylic acids is 1. The Morgan fingerprint density at radius 1 is 1.19 bits per heavy atom. The van der Waals surface area contributed by atoms with Crippen LogP contribution < -0.4 is 5.73 Å². The van der Waals surface area contributed by atoms with Crippen LogP contribution in [0.1, 0.15) is 18.4 Å². The van der Waals surface area contributed by atoms with Crippen LogP contribution in [-0.2, 0) is 19.4 Å². The second-order valence-electron chi connectivity index (χ2n) is 6.41. The summed E-state index contributed by atoms with van der Waals surface area (Å²) in [6.45, 7) is 1.72.